The molecular formula is C20H19N3O4S. The number of carbonyl (C=O) groups excluding carboxylic acids is 1. The number of nitrogens with zero attached hydrogens (tertiary/aromatic N) is 3. The van der Waals surface area contributed by atoms with Crippen molar-refractivity contribution in [1.29, 1.82) is 0 Å². The van der Waals surface area contributed by atoms with Crippen LogP contribution in [0.2, 0.25) is 0 Å². The van der Waals surface area contributed by atoms with Gasteiger partial charge < -0.3 is 5.11 Å². The lowest BCUT2D eigenvalue weighted by Gasteiger charge is -2.13. The molecule has 0 atom stereocenters. The van der Waals surface area contributed by atoms with Gasteiger partial charge in [0.2, 0.25) is 0 Å². The molecule has 0 radical (unpaired) electrons. The van der Waals surface area contributed by atoms with Crippen molar-refractivity contribution in [3.63, 3.8) is 0 Å². The van der Waals surface area contributed by atoms with Crippen LogP contribution < -0.4 is 0 Å². The van der Waals surface area contributed by atoms with Crippen molar-refractivity contribution in [3.8, 4) is 5.75 Å². The highest BCUT2D eigenvalue weighted by Crippen LogP contribution is 2.35. The summed E-state index contributed by atoms with van der Waals surface area (Å²) in [5, 5.41) is 21.2. The number of aromatic hydroxyl groups is 1. The van der Waals surface area contributed by atoms with Crippen LogP contribution in [0.3, 0.4) is 0 Å². The van der Waals surface area contributed by atoms with Gasteiger partial charge in [-0.3, -0.25) is 19.8 Å². The molecule has 1 amide bonds. The number of nitro benzene ring substituents is 1. The SMILES string of the molecule is CCCN1C(=O)/C(=C\c2ccc(O)c([N+](=O)[O-])c2)SC1=Nc1ccc(C)cc1. The minimum Gasteiger partial charge on any atom is -0.502 e. The van der Waals surface area contributed by atoms with Gasteiger partial charge in [-0.15, -0.1) is 0 Å². The average molecular weight is 397 g/mol. The summed E-state index contributed by atoms with van der Waals surface area (Å²) in [4.78, 5) is 29.8. The monoisotopic (exact) mass is 397 g/mol. The van der Waals surface area contributed by atoms with Gasteiger partial charge >= 0.3 is 5.69 Å². The summed E-state index contributed by atoms with van der Waals surface area (Å²) in [5.74, 6) is -0.597. The highest BCUT2D eigenvalue weighted by molar-refractivity contribution is 8.18. The molecule has 1 saturated heterocycles. The summed E-state index contributed by atoms with van der Waals surface area (Å²) in [6, 6.07) is 11.7. The first-order chi connectivity index (χ1) is 13.4. The summed E-state index contributed by atoms with van der Waals surface area (Å²) >= 11 is 1.23. The number of amidine groups is 1. The normalized spacial score (nSPS) is 16.9. The predicted molar refractivity (Wildman–Crippen MR) is 111 cm³/mol. The molecule has 1 N–H and O–H groups in total. The van der Waals surface area contributed by atoms with Crippen molar-refractivity contribution in [3.05, 3.63) is 68.6 Å². The number of aryl methyl sites for hydroxylation is 1. The Kier molecular flexibility index (Phi) is 5.79. The maximum Gasteiger partial charge on any atom is 0.311 e. The molecule has 0 saturated carbocycles. The van der Waals surface area contributed by atoms with Crippen LogP contribution in [0.5, 0.6) is 5.75 Å². The highest BCUT2D eigenvalue weighted by Gasteiger charge is 2.32. The fraction of sp³-hybridized carbons (Fsp3) is 0.200. The Morgan fingerprint density at radius 3 is 2.61 bits per heavy atom. The molecule has 1 fully saturated rings. The van der Waals surface area contributed by atoms with E-state index in [4.69, 9.17) is 0 Å². The van der Waals surface area contributed by atoms with Gasteiger partial charge in [-0.05, 0) is 54.9 Å². The van der Waals surface area contributed by atoms with E-state index in [0.29, 0.717) is 22.2 Å². The molecule has 2 aromatic rings. The fourth-order valence-corrected chi connectivity index (χ4v) is 3.69. The van der Waals surface area contributed by atoms with Gasteiger partial charge in [-0.1, -0.05) is 30.7 Å². The Hall–Kier alpha value is -3.13. The van der Waals surface area contributed by atoms with E-state index in [2.05, 4.69) is 4.99 Å². The summed E-state index contributed by atoms with van der Waals surface area (Å²) < 4.78 is 0. The number of nitro groups is 1. The highest BCUT2D eigenvalue weighted by atomic mass is 32.2. The van der Waals surface area contributed by atoms with E-state index in [9.17, 15) is 20.0 Å². The maximum absolute atomic E-state index is 12.8. The van der Waals surface area contributed by atoms with Gasteiger partial charge in [0.1, 0.15) is 0 Å². The number of thioether (sulfide) groups is 1. The third-order valence-corrected chi connectivity index (χ3v) is 5.09. The lowest BCUT2D eigenvalue weighted by molar-refractivity contribution is -0.385. The Morgan fingerprint density at radius 1 is 1.25 bits per heavy atom. The molecule has 2 aromatic carbocycles. The van der Waals surface area contributed by atoms with E-state index in [1.54, 1.807) is 11.0 Å². The predicted octanol–water partition coefficient (Wildman–Crippen LogP) is 4.62. The van der Waals surface area contributed by atoms with Crippen molar-refractivity contribution < 1.29 is 14.8 Å². The third kappa shape index (κ3) is 4.23. The number of hydrogen-bond donors (Lipinski definition) is 1. The summed E-state index contributed by atoms with van der Waals surface area (Å²) in [5.41, 5.74) is 1.94. The van der Waals surface area contributed by atoms with E-state index < -0.39 is 16.4 Å². The second-order valence-corrected chi connectivity index (χ2v) is 7.31. The van der Waals surface area contributed by atoms with Crippen molar-refractivity contribution in [2.24, 2.45) is 4.99 Å². The van der Waals surface area contributed by atoms with Crippen LogP contribution in [0, 0.1) is 17.0 Å². The summed E-state index contributed by atoms with van der Waals surface area (Å²) in [6.45, 7) is 4.50. The second kappa shape index (κ2) is 8.26. The number of aliphatic imine (C=N–C) groups is 1. The van der Waals surface area contributed by atoms with E-state index in [1.165, 1.54) is 30.0 Å². The van der Waals surface area contributed by atoms with Crippen LogP contribution >= 0.6 is 11.8 Å². The molecule has 0 bridgehead atoms. The quantitative estimate of drug-likeness (QED) is 0.451. The van der Waals surface area contributed by atoms with Gasteiger partial charge in [0, 0.05) is 12.6 Å². The summed E-state index contributed by atoms with van der Waals surface area (Å²) in [7, 11) is 0. The Balaban J connectivity index is 1.96. The molecule has 0 aromatic heterocycles. The standard InChI is InChI=1S/C20H19N3O4S/c1-3-10-22-19(25)18(12-14-6-9-17(24)16(11-14)23(26)27)28-20(22)21-15-7-4-13(2)5-8-15/h4-9,11-12,24H,3,10H2,1-2H3/b18-12+,21-20?. The van der Waals surface area contributed by atoms with E-state index in [1.807, 2.05) is 38.1 Å². The van der Waals surface area contributed by atoms with Crippen LogP contribution in [0.15, 0.2) is 52.4 Å². The molecule has 0 spiro atoms. The van der Waals surface area contributed by atoms with Gasteiger partial charge in [0.25, 0.3) is 5.91 Å². The van der Waals surface area contributed by atoms with Crippen molar-refractivity contribution in [1.82, 2.24) is 4.90 Å². The molecular weight excluding hydrogens is 378 g/mol. The van der Waals surface area contributed by atoms with Gasteiger partial charge in [-0.25, -0.2) is 4.99 Å². The van der Waals surface area contributed by atoms with Crippen LogP contribution in [0.4, 0.5) is 11.4 Å². The topological polar surface area (TPSA) is 96.0 Å². The first kappa shape index (κ1) is 19.6. The molecule has 28 heavy (non-hydrogen) atoms. The Morgan fingerprint density at radius 2 is 1.96 bits per heavy atom. The van der Waals surface area contributed by atoms with Crippen molar-refractivity contribution >= 4 is 40.3 Å². The van der Waals surface area contributed by atoms with Gasteiger partial charge in [-0.2, -0.15) is 0 Å². The molecule has 0 aliphatic carbocycles. The molecule has 1 heterocycles. The first-order valence-electron chi connectivity index (χ1n) is 8.73. The Bertz CT molecular complexity index is 983. The average Bonchev–Trinajstić information content (AvgIpc) is 2.94. The van der Waals surface area contributed by atoms with Gasteiger partial charge in [0.15, 0.2) is 10.9 Å². The Labute approximate surface area is 166 Å². The minimum absolute atomic E-state index is 0.187. The minimum atomic E-state index is -0.658. The van der Waals surface area contributed by atoms with Crippen LogP contribution in [0.25, 0.3) is 6.08 Å². The van der Waals surface area contributed by atoms with E-state index >= 15 is 0 Å². The second-order valence-electron chi connectivity index (χ2n) is 6.30. The number of phenols is 1. The number of amides is 1. The molecule has 7 nitrogen and oxygen atoms in total. The number of rotatable bonds is 5. The van der Waals surface area contributed by atoms with E-state index in [-0.39, 0.29) is 5.91 Å². The smallest absolute Gasteiger partial charge is 0.311 e. The van der Waals surface area contributed by atoms with Crippen LogP contribution in [-0.4, -0.2) is 32.5 Å². The third-order valence-electron chi connectivity index (χ3n) is 4.09. The zero-order valence-corrected chi connectivity index (χ0v) is 16.3. The van der Waals surface area contributed by atoms with E-state index in [0.717, 1.165) is 17.7 Å². The first-order valence-corrected chi connectivity index (χ1v) is 9.55. The van der Waals surface area contributed by atoms with Crippen LogP contribution in [-0.2, 0) is 4.79 Å². The fourth-order valence-electron chi connectivity index (χ4n) is 2.67. The maximum atomic E-state index is 12.8. The van der Waals surface area contributed by atoms with Crippen molar-refractivity contribution in [2.45, 2.75) is 20.3 Å². The molecule has 8 heteroatoms. The van der Waals surface area contributed by atoms with Gasteiger partial charge in [0.05, 0.1) is 15.5 Å². The lowest BCUT2D eigenvalue weighted by Crippen LogP contribution is -2.29. The molecule has 0 unspecified atom stereocenters. The molecule has 3 rings (SSSR count). The number of hydrogen-bond acceptors (Lipinski definition) is 6. The molecule has 1 aliphatic rings. The van der Waals surface area contributed by atoms with Crippen LogP contribution in [0.1, 0.15) is 24.5 Å². The molecule has 144 valence electrons. The lowest BCUT2D eigenvalue weighted by atomic mass is 10.1. The number of benzene rings is 2. The zero-order valence-electron chi connectivity index (χ0n) is 15.5. The summed E-state index contributed by atoms with van der Waals surface area (Å²) in [6.07, 6.45) is 2.36. The number of phenolic OH excluding ortho intramolecular Hbond substituents is 1. The molecule has 1 aliphatic heterocycles. The van der Waals surface area contributed by atoms with Crippen molar-refractivity contribution in [2.75, 3.05) is 6.54 Å². The number of carbonyl (C=O) groups is 1. The zero-order chi connectivity index (χ0) is 20.3. The largest absolute Gasteiger partial charge is 0.502 e.